The fourth-order valence-electron chi connectivity index (χ4n) is 1.51. The van der Waals surface area contributed by atoms with Gasteiger partial charge < -0.3 is 10.5 Å². The minimum absolute atomic E-state index is 0.112. The number of carbonyl (C=O) groups is 2. The molecular formula is C14H18FNO3. The Kier molecular flexibility index (Phi) is 5.18. The molecule has 1 aromatic carbocycles. The van der Waals surface area contributed by atoms with E-state index in [-0.39, 0.29) is 12.4 Å². The molecule has 0 amide bonds. The standard InChI is InChI=1S/C14H18FNO3/c1-3-13(18)19-12-6-4-11(5-7-12)8-14(16,9-15)10(2)17/h4-7H,3,8-9,16H2,1-2H3. The molecule has 104 valence electrons. The fourth-order valence-corrected chi connectivity index (χ4v) is 1.51. The summed E-state index contributed by atoms with van der Waals surface area (Å²) < 4.78 is 17.9. The lowest BCUT2D eigenvalue weighted by Gasteiger charge is -2.22. The van der Waals surface area contributed by atoms with Gasteiger partial charge in [-0.2, -0.15) is 0 Å². The Hall–Kier alpha value is -1.75. The third kappa shape index (κ3) is 4.13. The summed E-state index contributed by atoms with van der Waals surface area (Å²) in [5.74, 6) is -0.300. The van der Waals surface area contributed by atoms with Gasteiger partial charge in [-0.05, 0) is 24.6 Å². The molecule has 0 fully saturated rings. The Morgan fingerprint density at radius 1 is 1.32 bits per heavy atom. The normalized spacial score (nSPS) is 13.7. The molecule has 5 heteroatoms. The van der Waals surface area contributed by atoms with E-state index < -0.39 is 18.0 Å². The van der Waals surface area contributed by atoms with Gasteiger partial charge in [0.25, 0.3) is 0 Å². The smallest absolute Gasteiger partial charge is 0.310 e. The lowest BCUT2D eigenvalue weighted by atomic mass is 9.89. The van der Waals surface area contributed by atoms with Crippen LogP contribution < -0.4 is 10.5 Å². The molecule has 1 aromatic rings. The summed E-state index contributed by atoms with van der Waals surface area (Å²) in [6.07, 6.45) is 0.403. The van der Waals surface area contributed by atoms with E-state index >= 15 is 0 Å². The summed E-state index contributed by atoms with van der Waals surface area (Å²) in [4.78, 5) is 22.4. The van der Waals surface area contributed by atoms with E-state index in [9.17, 15) is 14.0 Å². The van der Waals surface area contributed by atoms with Crippen LogP contribution in [0.2, 0.25) is 0 Å². The molecule has 0 aromatic heterocycles. The van der Waals surface area contributed by atoms with E-state index in [0.717, 1.165) is 0 Å². The van der Waals surface area contributed by atoms with Gasteiger partial charge in [-0.3, -0.25) is 9.59 Å². The van der Waals surface area contributed by atoms with Gasteiger partial charge in [-0.25, -0.2) is 4.39 Å². The molecule has 0 saturated heterocycles. The summed E-state index contributed by atoms with van der Waals surface area (Å²) in [6.45, 7) is 2.07. The first-order valence-electron chi connectivity index (χ1n) is 6.07. The second-order valence-electron chi connectivity index (χ2n) is 4.49. The third-order valence-corrected chi connectivity index (χ3v) is 2.90. The van der Waals surface area contributed by atoms with Crippen LogP contribution in [0.1, 0.15) is 25.8 Å². The molecule has 4 nitrogen and oxygen atoms in total. The predicted molar refractivity (Wildman–Crippen MR) is 69.6 cm³/mol. The van der Waals surface area contributed by atoms with Gasteiger partial charge in [0.15, 0.2) is 5.78 Å². The summed E-state index contributed by atoms with van der Waals surface area (Å²) in [5.41, 5.74) is 4.93. The predicted octanol–water partition coefficient (Wildman–Crippen LogP) is 1.80. The van der Waals surface area contributed by atoms with Crippen molar-refractivity contribution in [3.8, 4) is 5.75 Å². The third-order valence-electron chi connectivity index (χ3n) is 2.90. The highest BCUT2D eigenvalue weighted by Crippen LogP contribution is 2.17. The van der Waals surface area contributed by atoms with Crippen LogP contribution >= 0.6 is 0 Å². The molecular weight excluding hydrogens is 249 g/mol. The largest absolute Gasteiger partial charge is 0.427 e. The molecule has 2 N–H and O–H groups in total. The van der Waals surface area contributed by atoms with Gasteiger partial charge in [0.2, 0.25) is 0 Å². The van der Waals surface area contributed by atoms with Crippen molar-refractivity contribution in [1.29, 1.82) is 0 Å². The summed E-state index contributed by atoms with van der Waals surface area (Å²) in [5, 5.41) is 0. The molecule has 0 bridgehead atoms. The zero-order valence-corrected chi connectivity index (χ0v) is 11.1. The van der Waals surface area contributed by atoms with Gasteiger partial charge >= 0.3 is 5.97 Å². The van der Waals surface area contributed by atoms with E-state index in [1.54, 1.807) is 31.2 Å². The van der Waals surface area contributed by atoms with E-state index in [1.165, 1.54) is 6.92 Å². The maximum atomic E-state index is 12.9. The summed E-state index contributed by atoms with van der Waals surface area (Å²) in [7, 11) is 0. The van der Waals surface area contributed by atoms with E-state index in [2.05, 4.69) is 0 Å². The van der Waals surface area contributed by atoms with Crippen LogP contribution in [-0.4, -0.2) is 24.0 Å². The first kappa shape index (κ1) is 15.3. The van der Waals surface area contributed by atoms with E-state index in [0.29, 0.717) is 17.7 Å². The second-order valence-corrected chi connectivity index (χ2v) is 4.49. The Bertz CT molecular complexity index is 458. The van der Waals surface area contributed by atoms with E-state index in [4.69, 9.17) is 10.5 Å². The Balaban J connectivity index is 2.77. The SMILES string of the molecule is CCC(=O)Oc1ccc(CC(N)(CF)C(C)=O)cc1. The molecule has 0 aliphatic carbocycles. The number of alkyl halides is 1. The quantitative estimate of drug-likeness (QED) is 0.630. The van der Waals surface area contributed by atoms with Crippen molar-refractivity contribution in [3.63, 3.8) is 0 Å². The topological polar surface area (TPSA) is 69.4 Å². The maximum Gasteiger partial charge on any atom is 0.310 e. The minimum atomic E-state index is -1.48. The van der Waals surface area contributed by atoms with Gasteiger partial charge in [0.1, 0.15) is 18.0 Å². The summed E-state index contributed by atoms with van der Waals surface area (Å²) in [6, 6.07) is 6.53. The van der Waals surface area contributed by atoms with Crippen molar-refractivity contribution >= 4 is 11.8 Å². The molecule has 0 spiro atoms. The highest BCUT2D eigenvalue weighted by atomic mass is 19.1. The molecule has 1 atom stereocenters. The summed E-state index contributed by atoms with van der Waals surface area (Å²) >= 11 is 0. The first-order valence-corrected chi connectivity index (χ1v) is 6.07. The van der Waals surface area contributed by atoms with Crippen LogP contribution in [0, 0.1) is 0 Å². The average molecular weight is 267 g/mol. The average Bonchev–Trinajstić information content (AvgIpc) is 2.40. The molecule has 0 radical (unpaired) electrons. The fraction of sp³-hybridized carbons (Fsp3) is 0.429. The Morgan fingerprint density at radius 2 is 1.89 bits per heavy atom. The molecule has 19 heavy (non-hydrogen) atoms. The number of hydrogen-bond donors (Lipinski definition) is 1. The van der Waals surface area contributed by atoms with Crippen LogP contribution in [0.4, 0.5) is 4.39 Å². The number of nitrogens with two attached hydrogens (primary N) is 1. The van der Waals surface area contributed by atoms with Gasteiger partial charge in [0, 0.05) is 12.8 Å². The van der Waals surface area contributed by atoms with Crippen molar-refractivity contribution in [2.75, 3.05) is 6.67 Å². The van der Waals surface area contributed by atoms with Crippen LogP contribution in [0.3, 0.4) is 0 Å². The van der Waals surface area contributed by atoms with E-state index in [1.807, 2.05) is 0 Å². The Morgan fingerprint density at radius 3 is 2.32 bits per heavy atom. The first-order chi connectivity index (χ1) is 8.91. The van der Waals surface area contributed by atoms with Crippen LogP contribution in [0.5, 0.6) is 5.75 Å². The number of halogens is 1. The van der Waals surface area contributed by atoms with Gasteiger partial charge in [0.05, 0.1) is 0 Å². The number of ether oxygens (including phenoxy) is 1. The number of Topliss-reactive ketones (excluding diaryl/α,β-unsaturated/α-hetero) is 1. The Labute approximate surface area is 111 Å². The van der Waals surface area contributed by atoms with Crippen molar-refractivity contribution in [2.45, 2.75) is 32.2 Å². The second kappa shape index (κ2) is 6.43. The number of hydrogen-bond acceptors (Lipinski definition) is 4. The lowest BCUT2D eigenvalue weighted by molar-refractivity contribution is -0.134. The number of ketones is 1. The number of benzene rings is 1. The van der Waals surface area contributed by atoms with Crippen molar-refractivity contribution in [3.05, 3.63) is 29.8 Å². The van der Waals surface area contributed by atoms with Gasteiger partial charge in [-0.15, -0.1) is 0 Å². The van der Waals surface area contributed by atoms with Gasteiger partial charge in [-0.1, -0.05) is 19.1 Å². The maximum absolute atomic E-state index is 12.9. The zero-order chi connectivity index (χ0) is 14.5. The highest BCUT2D eigenvalue weighted by molar-refractivity contribution is 5.86. The lowest BCUT2D eigenvalue weighted by Crippen LogP contribution is -2.50. The molecule has 1 unspecified atom stereocenters. The highest BCUT2D eigenvalue weighted by Gasteiger charge is 2.30. The molecule has 1 rings (SSSR count). The van der Waals surface area contributed by atoms with Crippen LogP contribution in [-0.2, 0) is 16.0 Å². The monoisotopic (exact) mass is 267 g/mol. The molecule has 0 saturated carbocycles. The number of esters is 1. The van der Waals surface area contributed by atoms with Crippen molar-refractivity contribution in [2.24, 2.45) is 5.73 Å². The minimum Gasteiger partial charge on any atom is -0.427 e. The van der Waals surface area contributed by atoms with Crippen molar-refractivity contribution < 1.29 is 18.7 Å². The van der Waals surface area contributed by atoms with Crippen LogP contribution in [0.15, 0.2) is 24.3 Å². The van der Waals surface area contributed by atoms with Crippen LogP contribution in [0.25, 0.3) is 0 Å². The zero-order valence-electron chi connectivity index (χ0n) is 11.1. The number of rotatable bonds is 6. The van der Waals surface area contributed by atoms with Crippen molar-refractivity contribution in [1.82, 2.24) is 0 Å². The molecule has 0 aliphatic heterocycles. The number of carbonyl (C=O) groups excluding carboxylic acids is 2. The molecule has 0 aliphatic rings. The molecule has 0 heterocycles.